The normalized spacial score (nSPS) is 12.3. The number of carbonyl (C=O) groups is 3. The van der Waals surface area contributed by atoms with Crippen LogP contribution in [0, 0.1) is 0 Å². The summed E-state index contributed by atoms with van der Waals surface area (Å²) in [6.45, 7) is 1.33. The lowest BCUT2D eigenvalue weighted by molar-refractivity contribution is -0.141. The number of ether oxygens (including phenoxy) is 1. The van der Waals surface area contributed by atoms with Gasteiger partial charge in [0.25, 0.3) is 0 Å². The van der Waals surface area contributed by atoms with E-state index >= 15 is 0 Å². The molecule has 0 heterocycles. The minimum atomic E-state index is -1.14. The molecule has 0 bridgehead atoms. The molecule has 0 aliphatic heterocycles. The molecule has 0 saturated heterocycles. The van der Waals surface area contributed by atoms with Gasteiger partial charge in [-0.05, 0) is 24.3 Å². The molecule has 0 aliphatic carbocycles. The monoisotopic (exact) mass is 308 g/mol. The first kappa shape index (κ1) is 17.2. The van der Waals surface area contributed by atoms with Crippen molar-refractivity contribution in [2.75, 3.05) is 6.61 Å². The van der Waals surface area contributed by atoms with Gasteiger partial charge in [-0.1, -0.05) is 5.16 Å². The van der Waals surface area contributed by atoms with Crippen LogP contribution < -0.4 is 10.1 Å². The number of amides is 1. The van der Waals surface area contributed by atoms with Crippen molar-refractivity contribution in [3.8, 4) is 5.75 Å². The lowest BCUT2D eigenvalue weighted by atomic mass is 10.1. The van der Waals surface area contributed by atoms with Gasteiger partial charge in [0, 0.05) is 18.9 Å². The van der Waals surface area contributed by atoms with E-state index in [-0.39, 0.29) is 18.7 Å². The van der Waals surface area contributed by atoms with E-state index in [0.29, 0.717) is 17.6 Å². The Morgan fingerprint density at radius 1 is 1.36 bits per heavy atom. The van der Waals surface area contributed by atoms with Crippen molar-refractivity contribution in [2.24, 2.45) is 5.16 Å². The Hall–Kier alpha value is -2.90. The SMILES string of the molecule is CC(=O)NC(CCOc1ccc(C(C=O)=NO)cc1)C(=O)O. The highest BCUT2D eigenvalue weighted by atomic mass is 16.5. The molecule has 1 atom stereocenters. The molecule has 22 heavy (non-hydrogen) atoms. The summed E-state index contributed by atoms with van der Waals surface area (Å²) in [7, 11) is 0. The van der Waals surface area contributed by atoms with Crippen LogP contribution in [0.1, 0.15) is 18.9 Å². The summed E-state index contributed by atoms with van der Waals surface area (Å²) in [6, 6.07) is 5.15. The molecule has 118 valence electrons. The number of hydrogen-bond acceptors (Lipinski definition) is 6. The van der Waals surface area contributed by atoms with Crippen LogP contribution in [0.3, 0.4) is 0 Å². The number of hydrogen-bond donors (Lipinski definition) is 3. The zero-order valence-corrected chi connectivity index (χ0v) is 11.9. The maximum Gasteiger partial charge on any atom is 0.326 e. The second kappa shape index (κ2) is 8.40. The quantitative estimate of drug-likeness (QED) is 0.277. The van der Waals surface area contributed by atoms with Crippen molar-refractivity contribution in [1.29, 1.82) is 0 Å². The van der Waals surface area contributed by atoms with Gasteiger partial charge in [-0.25, -0.2) is 4.79 Å². The number of carboxylic acids is 1. The second-order valence-corrected chi connectivity index (χ2v) is 4.36. The molecule has 1 aromatic rings. The molecule has 0 saturated carbocycles. The van der Waals surface area contributed by atoms with Crippen LogP contribution in [0.4, 0.5) is 0 Å². The number of carboxylic acid groups (broad SMARTS) is 1. The van der Waals surface area contributed by atoms with Crippen LogP contribution in [0.25, 0.3) is 0 Å². The van der Waals surface area contributed by atoms with Crippen molar-refractivity contribution in [3.05, 3.63) is 29.8 Å². The zero-order chi connectivity index (χ0) is 16.5. The smallest absolute Gasteiger partial charge is 0.326 e. The molecular formula is C14H16N2O6. The van der Waals surface area contributed by atoms with E-state index in [4.69, 9.17) is 15.1 Å². The maximum atomic E-state index is 10.9. The van der Waals surface area contributed by atoms with Gasteiger partial charge < -0.3 is 20.4 Å². The highest BCUT2D eigenvalue weighted by Crippen LogP contribution is 2.13. The Morgan fingerprint density at radius 3 is 2.45 bits per heavy atom. The molecular weight excluding hydrogens is 292 g/mol. The van der Waals surface area contributed by atoms with Gasteiger partial charge in [-0.15, -0.1) is 0 Å². The molecule has 0 spiro atoms. The van der Waals surface area contributed by atoms with Gasteiger partial charge in [-0.3, -0.25) is 9.59 Å². The highest BCUT2D eigenvalue weighted by molar-refractivity contribution is 6.36. The first-order chi connectivity index (χ1) is 10.5. The lowest BCUT2D eigenvalue weighted by Crippen LogP contribution is -2.40. The van der Waals surface area contributed by atoms with Crippen molar-refractivity contribution in [1.82, 2.24) is 5.32 Å². The fourth-order valence-electron chi connectivity index (χ4n) is 1.67. The third kappa shape index (κ3) is 5.23. The molecule has 1 amide bonds. The highest BCUT2D eigenvalue weighted by Gasteiger charge is 2.18. The average molecular weight is 308 g/mol. The van der Waals surface area contributed by atoms with Gasteiger partial charge in [0.15, 0.2) is 6.29 Å². The lowest BCUT2D eigenvalue weighted by Gasteiger charge is -2.13. The van der Waals surface area contributed by atoms with E-state index in [1.165, 1.54) is 19.1 Å². The van der Waals surface area contributed by atoms with E-state index in [0.717, 1.165) is 0 Å². The number of nitrogens with zero attached hydrogens (tertiary/aromatic N) is 1. The van der Waals surface area contributed by atoms with E-state index in [2.05, 4.69) is 10.5 Å². The molecule has 8 nitrogen and oxygen atoms in total. The molecule has 3 N–H and O–H groups in total. The Labute approximate surface area is 126 Å². The number of carbonyl (C=O) groups excluding carboxylic acids is 2. The summed E-state index contributed by atoms with van der Waals surface area (Å²) < 4.78 is 5.36. The Bertz CT molecular complexity index is 567. The van der Waals surface area contributed by atoms with Gasteiger partial charge in [-0.2, -0.15) is 0 Å². The summed E-state index contributed by atoms with van der Waals surface area (Å²) in [5.41, 5.74) is 0.314. The van der Waals surface area contributed by atoms with E-state index in [1.54, 1.807) is 12.1 Å². The molecule has 0 aromatic heterocycles. The van der Waals surface area contributed by atoms with Gasteiger partial charge >= 0.3 is 5.97 Å². The first-order valence-electron chi connectivity index (χ1n) is 6.38. The Balaban J connectivity index is 2.56. The molecule has 0 radical (unpaired) electrons. The number of nitrogens with one attached hydrogen (secondary N) is 1. The first-order valence-corrected chi connectivity index (χ1v) is 6.38. The standard InChI is InChI=1S/C14H16N2O6/c1-9(18)15-12(14(19)20)6-7-22-11-4-2-10(3-5-11)13(8-17)16-21/h2-5,8,12,21H,6-7H2,1H3,(H,15,18)(H,19,20). The van der Waals surface area contributed by atoms with Crippen LogP contribution in [0.5, 0.6) is 5.75 Å². The van der Waals surface area contributed by atoms with Crippen molar-refractivity contribution in [3.63, 3.8) is 0 Å². The van der Waals surface area contributed by atoms with Gasteiger partial charge in [0.2, 0.25) is 5.91 Å². The van der Waals surface area contributed by atoms with E-state index < -0.39 is 17.9 Å². The fraction of sp³-hybridized carbons (Fsp3) is 0.286. The van der Waals surface area contributed by atoms with E-state index in [1.807, 2.05) is 0 Å². The molecule has 0 fully saturated rings. The van der Waals surface area contributed by atoms with Gasteiger partial charge in [0.05, 0.1) is 6.61 Å². The minimum Gasteiger partial charge on any atom is -0.494 e. The summed E-state index contributed by atoms with van der Waals surface area (Å²) in [6.07, 6.45) is 0.523. The maximum absolute atomic E-state index is 10.9. The molecule has 1 rings (SSSR count). The third-order valence-corrected chi connectivity index (χ3v) is 2.72. The molecule has 0 aliphatic rings. The van der Waals surface area contributed by atoms with Crippen molar-refractivity contribution >= 4 is 23.9 Å². The fourth-order valence-corrected chi connectivity index (χ4v) is 1.67. The molecule has 1 aromatic carbocycles. The predicted molar refractivity (Wildman–Crippen MR) is 76.2 cm³/mol. The number of benzene rings is 1. The van der Waals surface area contributed by atoms with Crippen LogP contribution >= 0.6 is 0 Å². The topological polar surface area (TPSA) is 125 Å². The summed E-state index contributed by atoms with van der Waals surface area (Å²) in [5, 5.41) is 22.7. The summed E-state index contributed by atoms with van der Waals surface area (Å²) >= 11 is 0. The molecule has 8 heteroatoms. The van der Waals surface area contributed by atoms with Crippen LogP contribution in [0.15, 0.2) is 29.4 Å². The Morgan fingerprint density at radius 2 is 2.00 bits per heavy atom. The van der Waals surface area contributed by atoms with Crippen molar-refractivity contribution < 1.29 is 29.4 Å². The number of oxime groups is 1. The van der Waals surface area contributed by atoms with Crippen LogP contribution in [-0.2, 0) is 14.4 Å². The minimum absolute atomic E-state index is 0.0885. The summed E-state index contributed by atoms with van der Waals surface area (Å²) in [4.78, 5) is 32.4. The number of aliphatic carboxylic acids is 1. The predicted octanol–water partition coefficient (Wildman–Crippen LogP) is 0.422. The Kier molecular flexibility index (Phi) is 6.55. The third-order valence-electron chi connectivity index (χ3n) is 2.72. The largest absolute Gasteiger partial charge is 0.494 e. The zero-order valence-electron chi connectivity index (χ0n) is 11.9. The van der Waals surface area contributed by atoms with Crippen LogP contribution in [0.2, 0.25) is 0 Å². The second-order valence-electron chi connectivity index (χ2n) is 4.36. The number of aldehydes is 1. The average Bonchev–Trinajstić information content (AvgIpc) is 2.48. The van der Waals surface area contributed by atoms with E-state index in [9.17, 15) is 14.4 Å². The van der Waals surface area contributed by atoms with Crippen molar-refractivity contribution in [2.45, 2.75) is 19.4 Å². The number of rotatable bonds is 8. The molecule has 1 unspecified atom stereocenters. The van der Waals surface area contributed by atoms with Crippen LogP contribution in [-0.4, -0.2) is 46.8 Å². The van der Waals surface area contributed by atoms with Gasteiger partial charge in [0.1, 0.15) is 17.5 Å². The summed E-state index contributed by atoms with van der Waals surface area (Å²) in [5.74, 6) is -1.11.